The molecule has 7 amide bonds. The third kappa shape index (κ3) is 24.1. The number of aliphatic carboxylic acids is 2. The minimum absolute atomic E-state index is 0.0261. The van der Waals surface area contributed by atoms with Gasteiger partial charge in [0.2, 0.25) is 41.4 Å². The Morgan fingerprint density at radius 3 is 1.43 bits per heavy atom. The van der Waals surface area contributed by atoms with E-state index in [-0.39, 0.29) is 57.7 Å². The van der Waals surface area contributed by atoms with Gasteiger partial charge >= 0.3 is 11.9 Å². The van der Waals surface area contributed by atoms with Crippen LogP contribution in [0.15, 0.2) is 17.5 Å². The summed E-state index contributed by atoms with van der Waals surface area (Å²) in [6.07, 6.45) is 5.12. The number of guanidine groups is 1. The van der Waals surface area contributed by atoms with Gasteiger partial charge in [0, 0.05) is 24.9 Å². The number of carbonyl (C=O) groups excluding carboxylic acids is 7. The zero-order valence-corrected chi connectivity index (χ0v) is 38.2. The number of H-pyrrole nitrogens is 1. The van der Waals surface area contributed by atoms with Gasteiger partial charge in [-0.05, 0) is 97.7 Å². The molecule has 8 atom stereocenters. The summed E-state index contributed by atoms with van der Waals surface area (Å²) < 4.78 is 0. The number of nitrogens with one attached hydrogen (secondary N) is 8. The number of nitrogens with zero attached hydrogens (tertiary/aromatic N) is 2. The molecule has 0 unspecified atom stereocenters. The number of aliphatic imine (C=N–C) groups is 1. The SMILES string of the molecule is C[C@H](NC(=O)[C@H](CCCN=C(N)N)NC(=O)[C@H](CCCCN)NC(=O)[C@H](CCCCN)NC(=O)[C@H](Cc1cnc[nH]1)NC(=O)[C@H](C)NC(=O)[C@@H](N)CCCCN)C(=O)N[C@@H](CC(=O)O)C(=O)O. The Balaban J connectivity index is 3.39. The van der Waals surface area contributed by atoms with Crippen LogP contribution in [-0.4, -0.2) is 154 Å². The highest BCUT2D eigenvalue weighted by atomic mass is 16.4. The maximum Gasteiger partial charge on any atom is 0.326 e. The zero-order chi connectivity index (χ0) is 50.5. The van der Waals surface area contributed by atoms with E-state index in [0.717, 1.165) is 0 Å². The first-order valence-electron chi connectivity index (χ1n) is 22.2. The van der Waals surface area contributed by atoms with Crippen molar-refractivity contribution in [3.8, 4) is 0 Å². The molecule has 67 heavy (non-hydrogen) atoms. The van der Waals surface area contributed by atoms with E-state index in [4.69, 9.17) is 39.5 Å². The summed E-state index contributed by atoms with van der Waals surface area (Å²) in [6, 6.07) is -10.5. The third-order valence-electron chi connectivity index (χ3n) is 10.2. The van der Waals surface area contributed by atoms with Crippen LogP contribution in [0.3, 0.4) is 0 Å². The lowest BCUT2D eigenvalue weighted by Gasteiger charge is -2.27. The Hall–Kier alpha value is -6.45. The molecular weight excluding hydrogens is 881 g/mol. The molecule has 1 aromatic heterocycles. The lowest BCUT2D eigenvalue weighted by molar-refractivity contribution is -0.147. The van der Waals surface area contributed by atoms with Crippen LogP contribution < -0.4 is 71.6 Å². The van der Waals surface area contributed by atoms with Crippen molar-refractivity contribution in [3.63, 3.8) is 0 Å². The van der Waals surface area contributed by atoms with Crippen molar-refractivity contribution in [2.45, 2.75) is 146 Å². The lowest BCUT2D eigenvalue weighted by Crippen LogP contribution is -2.60. The normalized spacial score (nSPS) is 14.5. The number of nitrogens with two attached hydrogens (primary N) is 6. The van der Waals surface area contributed by atoms with Gasteiger partial charge in [-0.3, -0.25) is 43.3 Å². The lowest BCUT2D eigenvalue weighted by atomic mass is 10.0. The number of carboxylic acid groups (broad SMARTS) is 2. The maximum absolute atomic E-state index is 14.1. The zero-order valence-electron chi connectivity index (χ0n) is 38.2. The van der Waals surface area contributed by atoms with Gasteiger partial charge in [-0.2, -0.15) is 0 Å². The third-order valence-corrected chi connectivity index (χ3v) is 10.2. The number of aromatic nitrogens is 2. The molecule has 0 aromatic carbocycles. The number of rotatable bonds is 35. The summed E-state index contributed by atoms with van der Waals surface area (Å²) in [5.74, 6) is -8.96. The molecule has 22 N–H and O–H groups in total. The van der Waals surface area contributed by atoms with Crippen molar-refractivity contribution in [2.24, 2.45) is 39.4 Å². The van der Waals surface area contributed by atoms with E-state index >= 15 is 0 Å². The van der Waals surface area contributed by atoms with E-state index in [1.165, 1.54) is 26.4 Å². The fraction of sp³-hybridized carbons (Fsp3) is 0.675. The molecule has 27 nitrogen and oxygen atoms in total. The standard InChI is InChI=1S/C40H72N16O11/c1-22(50-34(61)25(44)10-3-6-14-41)32(59)55-29(18-24-20-47-21-49-24)38(65)54-27(12-5-8-16-43)37(64)52-26(11-4-7-15-42)36(63)53-28(13-9-17-48-40(45)46)35(62)51-23(2)33(60)56-30(39(66)67)19-31(57)58/h20-23,25-30H,3-19,41-44H2,1-2H3,(H,47,49)(H,50,61)(H,51,62)(H,52,64)(H,53,63)(H,54,65)(H,55,59)(H,56,60)(H,57,58)(H,66,67)(H4,45,46,48)/t22-,23-,25-,26-,27-,28-,29-,30-/m0/s1. The molecule has 1 rings (SSSR count). The van der Waals surface area contributed by atoms with Gasteiger partial charge in [-0.25, -0.2) is 9.78 Å². The van der Waals surface area contributed by atoms with E-state index in [0.29, 0.717) is 57.2 Å². The molecule has 1 heterocycles. The highest BCUT2D eigenvalue weighted by Crippen LogP contribution is 2.10. The Bertz CT molecular complexity index is 1780. The summed E-state index contributed by atoms with van der Waals surface area (Å²) in [6.45, 7) is 3.61. The van der Waals surface area contributed by atoms with Crippen LogP contribution in [0.5, 0.6) is 0 Å². The molecule has 0 spiro atoms. The van der Waals surface area contributed by atoms with Crippen molar-refractivity contribution >= 4 is 59.2 Å². The van der Waals surface area contributed by atoms with Crippen LogP contribution in [0.4, 0.5) is 0 Å². The van der Waals surface area contributed by atoms with Gasteiger partial charge in [-0.15, -0.1) is 0 Å². The minimum Gasteiger partial charge on any atom is -0.481 e. The first kappa shape index (κ1) is 58.6. The molecular formula is C40H72N16O11. The van der Waals surface area contributed by atoms with Gasteiger partial charge in [-0.1, -0.05) is 6.42 Å². The average molecular weight is 953 g/mol. The Kier molecular flexibility index (Phi) is 28.2. The first-order valence-corrected chi connectivity index (χ1v) is 22.2. The highest BCUT2D eigenvalue weighted by molar-refractivity contribution is 5.97. The second-order valence-corrected chi connectivity index (χ2v) is 15.9. The molecule has 0 aliphatic heterocycles. The first-order chi connectivity index (χ1) is 31.7. The number of carbonyl (C=O) groups is 9. The van der Waals surface area contributed by atoms with Crippen LogP contribution >= 0.6 is 0 Å². The Labute approximate surface area is 388 Å². The van der Waals surface area contributed by atoms with Crippen molar-refractivity contribution in [1.29, 1.82) is 0 Å². The number of hydrogen-bond acceptors (Lipinski definition) is 15. The maximum atomic E-state index is 14.1. The van der Waals surface area contributed by atoms with E-state index < -0.39 is 108 Å². The molecule has 0 radical (unpaired) electrons. The van der Waals surface area contributed by atoms with E-state index in [2.05, 4.69) is 46.9 Å². The predicted molar refractivity (Wildman–Crippen MR) is 244 cm³/mol. The molecule has 0 saturated carbocycles. The second-order valence-electron chi connectivity index (χ2n) is 15.9. The molecule has 0 fully saturated rings. The fourth-order valence-corrected chi connectivity index (χ4v) is 6.31. The van der Waals surface area contributed by atoms with Crippen LogP contribution in [0.2, 0.25) is 0 Å². The van der Waals surface area contributed by atoms with Gasteiger partial charge in [0.1, 0.15) is 42.3 Å². The van der Waals surface area contributed by atoms with Gasteiger partial charge in [0.15, 0.2) is 5.96 Å². The number of imidazole rings is 1. The largest absolute Gasteiger partial charge is 0.481 e. The summed E-state index contributed by atoms with van der Waals surface area (Å²) in [7, 11) is 0. The monoisotopic (exact) mass is 953 g/mol. The van der Waals surface area contributed by atoms with Crippen molar-refractivity contribution in [1.82, 2.24) is 47.2 Å². The van der Waals surface area contributed by atoms with Crippen LogP contribution in [-0.2, 0) is 49.6 Å². The molecule has 0 aliphatic rings. The van der Waals surface area contributed by atoms with E-state index in [9.17, 15) is 48.3 Å². The smallest absolute Gasteiger partial charge is 0.326 e. The molecule has 1 aromatic rings. The van der Waals surface area contributed by atoms with Gasteiger partial charge in [0.25, 0.3) is 0 Å². The van der Waals surface area contributed by atoms with Crippen LogP contribution in [0, 0.1) is 0 Å². The van der Waals surface area contributed by atoms with E-state index in [1.807, 2.05) is 5.32 Å². The van der Waals surface area contributed by atoms with Crippen LogP contribution in [0.1, 0.15) is 96.6 Å². The molecule has 27 heteroatoms. The summed E-state index contributed by atoms with van der Waals surface area (Å²) in [5, 5.41) is 35.9. The van der Waals surface area contributed by atoms with Crippen molar-refractivity contribution in [3.05, 3.63) is 18.2 Å². The van der Waals surface area contributed by atoms with E-state index in [1.54, 1.807) is 0 Å². The quantitative estimate of drug-likeness (QED) is 0.0172. The molecule has 0 saturated heterocycles. The number of amides is 7. The summed E-state index contributed by atoms with van der Waals surface area (Å²) >= 11 is 0. The summed E-state index contributed by atoms with van der Waals surface area (Å²) in [4.78, 5) is 128. The Morgan fingerprint density at radius 2 is 1.00 bits per heavy atom. The van der Waals surface area contributed by atoms with Crippen molar-refractivity contribution < 1.29 is 53.4 Å². The highest BCUT2D eigenvalue weighted by Gasteiger charge is 2.33. The average Bonchev–Trinajstić information content (AvgIpc) is 3.79. The number of hydrogen-bond donors (Lipinski definition) is 16. The van der Waals surface area contributed by atoms with Gasteiger partial charge in [0.05, 0.1) is 18.8 Å². The molecule has 0 bridgehead atoms. The van der Waals surface area contributed by atoms with Gasteiger partial charge < -0.3 is 86.8 Å². The Morgan fingerprint density at radius 1 is 0.582 bits per heavy atom. The molecule has 0 aliphatic carbocycles. The number of unbranched alkanes of at least 4 members (excludes halogenated alkanes) is 3. The molecule has 378 valence electrons. The summed E-state index contributed by atoms with van der Waals surface area (Å²) in [5.41, 5.74) is 34.3. The fourth-order valence-electron chi connectivity index (χ4n) is 6.31. The predicted octanol–water partition coefficient (Wildman–Crippen LogP) is -5.29. The second kappa shape index (κ2) is 32.3. The van der Waals surface area contributed by atoms with Crippen LogP contribution in [0.25, 0.3) is 0 Å². The van der Waals surface area contributed by atoms with Crippen molar-refractivity contribution in [2.75, 3.05) is 26.2 Å². The number of aromatic amines is 1. The topological polar surface area (TPSA) is 475 Å². The number of carboxylic acids is 2. The minimum atomic E-state index is -1.80.